The molecule has 2 rings (SSSR count). The third kappa shape index (κ3) is 1.59. The molecule has 5 N–H and O–H groups in total. The fraction of sp³-hybridized carbons (Fsp3) is 0.231. The highest BCUT2D eigenvalue weighted by atomic mass is 14.8. The summed E-state index contributed by atoms with van der Waals surface area (Å²) < 4.78 is 0. The van der Waals surface area contributed by atoms with Gasteiger partial charge in [0.25, 0.3) is 0 Å². The summed E-state index contributed by atoms with van der Waals surface area (Å²) in [6.07, 6.45) is 0. The molecule has 16 heavy (non-hydrogen) atoms. The number of hydrogen-bond donors (Lipinski definition) is 3. The van der Waals surface area contributed by atoms with Crippen LogP contribution in [0.25, 0.3) is 11.3 Å². The highest BCUT2D eigenvalue weighted by Crippen LogP contribution is 2.31. The average molecular weight is 215 g/mol. The van der Waals surface area contributed by atoms with Gasteiger partial charge in [0.2, 0.25) is 0 Å². The average Bonchev–Trinajstić information content (AvgIpc) is 2.55. The molecular formula is C13H17N3. The number of nitrogens with one attached hydrogen (secondary N) is 1. The van der Waals surface area contributed by atoms with Crippen molar-refractivity contribution in [2.24, 2.45) is 5.73 Å². The van der Waals surface area contributed by atoms with Crippen LogP contribution in [0.5, 0.6) is 0 Å². The Bertz CT molecular complexity index is 512. The van der Waals surface area contributed by atoms with Gasteiger partial charge in [-0.2, -0.15) is 0 Å². The molecule has 0 bridgehead atoms. The van der Waals surface area contributed by atoms with Gasteiger partial charge in [-0.25, -0.2) is 0 Å². The first kappa shape index (κ1) is 10.8. The van der Waals surface area contributed by atoms with Crippen LogP contribution in [-0.4, -0.2) is 4.98 Å². The molecule has 0 spiro atoms. The molecule has 0 aliphatic heterocycles. The Balaban J connectivity index is 2.62. The van der Waals surface area contributed by atoms with Crippen molar-refractivity contribution in [1.29, 1.82) is 0 Å². The first-order valence-corrected chi connectivity index (χ1v) is 5.38. The summed E-state index contributed by atoms with van der Waals surface area (Å²) in [5.74, 6) is 0. The lowest BCUT2D eigenvalue weighted by Gasteiger charge is -2.04. The molecule has 0 saturated heterocycles. The van der Waals surface area contributed by atoms with Crippen LogP contribution in [-0.2, 0) is 6.54 Å². The first-order valence-electron chi connectivity index (χ1n) is 5.38. The highest BCUT2D eigenvalue weighted by molar-refractivity contribution is 5.78. The van der Waals surface area contributed by atoms with E-state index in [-0.39, 0.29) is 0 Å². The van der Waals surface area contributed by atoms with Gasteiger partial charge in [-0.1, -0.05) is 24.3 Å². The number of benzene rings is 1. The summed E-state index contributed by atoms with van der Waals surface area (Å²) in [5, 5.41) is 0. The van der Waals surface area contributed by atoms with E-state index in [9.17, 15) is 0 Å². The van der Waals surface area contributed by atoms with Crippen LogP contribution in [0.1, 0.15) is 16.8 Å². The second kappa shape index (κ2) is 4.02. The van der Waals surface area contributed by atoms with E-state index in [2.05, 4.69) is 24.0 Å². The Morgan fingerprint density at radius 2 is 1.88 bits per heavy atom. The van der Waals surface area contributed by atoms with E-state index in [1.807, 2.05) is 19.1 Å². The smallest absolute Gasteiger partial charge is 0.0695 e. The second-order valence-electron chi connectivity index (χ2n) is 4.04. The Morgan fingerprint density at radius 3 is 2.44 bits per heavy atom. The fourth-order valence-corrected chi connectivity index (χ4v) is 2.01. The summed E-state index contributed by atoms with van der Waals surface area (Å²) in [4.78, 5) is 3.32. The van der Waals surface area contributed by atoms with Crippen molar-refractivity contribution in [3.05, 3.63) is 41.1 Å². The van der Waals surface area contributed by atoms with E-state index in [0.29, 0.717) is 6.54 Å². The van der Waals surface area contributed by atoms with Crippen molar-refractivity contribution in [2.75, 3.05) is 5.73 Å². The topological polar surface area (TPSA) is 67.8 Å². The monoisotopic (exact) mass is 215 g/mol. The molecule has 3 nitrogen and oxygen atoms in total. The zero-order valence-electron chi connectivity index (χ0n) is 9.67. The van der Waals surface area contributed by atoms with E-state index >= 15 is 0 Å². The SMILES string of the molecule is Cc1ccccc1-c1[nH]c(C)c(CN)c1N. The third-order valence-electron chi connectivity index (χ3n) is 2.98. The van der Waals surface area contributed by atoms with Gasteiger partial charge in [0.15, 0.2) is 0 Å². The fourth-order valence-electron chi connectivity index (χ4n) is 2.01. The lowest BCUT2D eigenvalue weighted by atomic mass is 10.0. The maximum Gasteiger partial charge on any atom is 0.0695 e. The molecular weight excluding hydrogens is 198 g/mol. The van der Waals surface area contributed by atoms with Gasteiger partial charge in [0.1, 0.15) is 0 Å². The van der Waals surface area contributed by atoms with Gasteiger partial charge >= 0.3 is 0 Å². The molecule has 1 aromatic carbocycles. The highest BCUT2D eigenvalue weighted by Gasteiger charge is 2.13. The Kier molecular flexibility index (Phi) is 2.71. The molecule has 1 heterocycles. The van der Waals surface area contributed by atoms with Gasteiger partial charge in [-0.05, 0) is 19.4 Å². The van der Waals surface area contributed by atoms with E-state index in [4.69, 9.17) is 11.5 Å². The van der Waals surface area contributed by atoms with E-state index < -0.39 is 0 Å². The number of hydrogen-bond acceptors (Lipinski definition) is 2. The molecule has 0 amide bonds. The standard InChI is InChI=1S/C13H17N3/c1-8-5-3-4-6-10(8)13-12(15)11(7-14)9(2)16-13/h3-6,16H,7,14-15H2,1-2H3. The van der Waals surface area contributed by atoms with Crippen molar-refractivity contribution in [3.63, 3.8) is 0 Å². The molecule has 0 saturated carbocycles. The minimum atomic E-state index is 0.472. The number of nitrogens with two attached hydrogens (primary N) is 2. The minimum absolute atomic E-state index is 0.472. The summed E-state index contributed by atoms with van der Waals surface area (Å²) in [7, 11) is 0. The van der Waals surface area contributed by atoms with Gasteiger partial charge in [-0.15, -0.1) is 0 Å². The van der Waals surface area contributed by atoms with Crippen molar-refractivity contribution in [1.82, 2.24) is 4.98 Å². The number of aryl methyl sites for hydroxylation is 2. The zero-order chi connectivity index (χ0) is 11.7. The lowest BCUT2D eigenvalue weighted by molar-refractivity contribution is 1.05. The van der Waals surface area contributed by atoms with Gasteiger partial charge in [0, 0.05) is 23.4 Å². The molecule has 2 aromatic rings. The summed E-state index contributed by atoms with van der Waals surface area (Å²) >= 11 is 0. The van der Waals surface area contributed by atoms with Crippen LogP contribution < -0.4 is 11.5 Å². The van der Waals surface area contributed by atoms with Crippen molar-refractivity contribution in [2.45, 2.75) is 20.4 Å². The van der Waals surface area contributed by atoms with Gasteiger partial charge < -0.3 is 16.5 Å². The number of aromatic nitrogens is 1. The normalized spacial score (nSPS) is 10.7. The predicted molar refractivity (Wildman–Crippen MR) is 68.0 cm³/mol. The molecule has 0 unspecified atom stereocenters. The van der Waals surface area contributed by atoms with Crippen LogP contribution in [0.3, 0.4) is 0 Å². The van der Waals surface area contributed by atoms with Crippen molar-refractivity contribution >= 4 is 5.69 Å². The van der Waals surface area contributed by atoms with Crippen LogP contribution in [0, 0.1) is 13.8 Å². The van der Waals surface area contributed by atoms with Crippen molar-refractivity contribution < 1.29 is 0 Å². The van der Waals surface area contributed by atoms with Gasteiger partial charge in [0.05, 0.1) is 11.4 Å². The summed E-state index contributed by atoms with van der Waals surface area (Å²) in [6, 6.07) is 8.18. The first-order chi connectivity index (χ1) is 7.65. The third-order valence-corrected chi connectivity index (χ3v) is 2.98. The molecule has 0 aliphatic rings. The molecule has 0 atom stereocenters. The van der Waals surface area contributed by atoms with Crippen LogP contribution in [0.15, 0.2) is 24.3 Å². The largest absolute Gasteiger partial charge is 0.397 e. The Morgan fingerprint density at radius 1 is 1.19 bits per heavy atom. The van der Waals surface area contributed by atoms with E-state index in [1.165, 1.54) is 5.56 Å². The van der Waals surface area contributed by atoms with Crippen LogP contribution in [0.2, 0.25) is 0 Å². The van der Waals surface area contributed by atoms with Crippen LogP contribution >= 0.6 is 0 Å². The number of anilines is 1. The summed E-state index contributed by atoms with van der Waals surface area (Å²) in [5.41, 5.74) is 18.0. The van der Waals surface area contributed by atoms with E-state index in [0.717, 1.165) is 28.2 Å². The maximum atomic E-state index is 6.10. The Hall–Kier alpha value is -1.74. The number of H-pyrrole nitrogens is 1. The minimum Gasteiger partial charge on any atom is -0.397 e. The molecule has 84 valence electrons. The van der Waals surface area contributed by atoms with Crippen molar-refractivity contribution in [3.8, 4) is 11.3 Å². The molecule has 0 radical (unpaired) electrons. The quantitative estimate of drug-likeness (QED) is 0.719. The second-order valence-corrected chi connectivity index (χ2v) is 4.04. The number of aromatic amines is 1. The van der Waals surface area contributed by atoms with Gasteiger partial charge in [-0.3, -0.25) is 0 Å². The number of rotatable bonds is 2. The molecule has 1 aromatic heterocycles. The molecule has 0 fully saturated rings. The lowest BCUT2D eigenvalue weighted by Crippen LogP contribution is -2.00. The molecule has 0 aliphatic carbocycles. The molecule has 3 heteroatoms. The Labute approximate surface area is 95.5 Å². The van der Waals surface area contributed by atoms with Crippen LogP contribution in [0.4, 0.5) is 5.69 Å². The predicted octanol–water partition coefficient (Wildman–Crippen LogP) is 2.34. The summed E-state index contributed by atoms with van der Waals surface area (Å²) in [6.45, 7) is 4.55. The zero-order valence-corrected chi connectivity index (χ0v) is 9.67. The number of nitrogen functional groups attached to an aromatic ring is 1. The maximum absolute atomic E-state index is 6.10. The van der Waals surface area contributed by atoms with E-state index in [1.54, 1.807) is 0 Å².